The monoisotopic (exact) mass is 239 g/mol. The summed E-state index contributed by atoms with van der Waals surface area (Å²) in [6.07, 6.45) is 8.83. The van der Waals surface area contributed by atoms with E-state index in [9.17, 15) is 0 Å². The molecule has 0 saturated heterocycles. The van der Waals surface area contributed by atoms with Crippen LogP contribution in [0.25, 0.3) is 0 Å². The lowest BCUT2D eigenvalue weighted by Crippen LogP contribution is -2.48. The molecule has 2 aliphatic rings. The van der Waals surface area contributed by atoms with Crippen LogP contribution in [0.4, 0.5) is 0 Å². The third-order valence-electron chi connectivity index (χ3n) is 4.72. The molecule has 2 saturated carbocycles. The average molecular weight is 239 g/mol. The fraction of sp³-hybridized carbons (Fsp3) is 1.00. The second-order valence-corrected chi connectivity index (χ2v) is 6.14. The van der Waals surface area contributed by atoms with Gasteiger partial charge in [-0.3, -0.25) is 0 Å². The van der Waals surface area contributed by atoms with Gasteiger partial charge in [0.1, 0.15) is 0 Å². The molecule has 2 heteroatoms. The van der Waals surface area contributed by atoms with Gasteiger partial charge in [0.2, 0.25) is 0 Å². The fourth-order valence-corrected chi connectivity index (χ4v) is 3.49. The predicted molar refractivity (Wildman–Crippen MR) is 72.1 cm³/mol. The predicted octanol–water partition coefficient (Wildman–Crippen LogP) is 3.22. The Hall–Kier alpha value is -0.0800. The summed E-state index contributed by atoms with van der Waals surface area (Å²) in [4.78, 5) is 0. The minimum Gasteiger partial charge on any atom is -0.380 e. The van der Waals surface area contributed by atoms with E-state index in [0.717, 1.165) is 24.3 Å². The fourth-order valence-electron chi connectivity index (χ4n) is 3.49. The van der Waals surface area contributed by atoms with E-state index in [0.29, 0.717) is 12.1 Å². The van der Waals surface area contributed by atoms with Crippen molar-refractivity contribution in [3.8, 4) is 0 Å². The second-order valence-electron chi connectivity index (χ2n) is 6.14. The highest BCUT2D eigenvalue weighted by Gasteiger charge is 2.40. The average Bonchev–Trinajstić information content (AvgIpc) is 3.15. The van der Waals surface area contributed by atoms with Crippen LogP contribution >= 0.6 is 0 Å². The highest BCUT2D eigenvalue weighted by Crippen LogP contribution is 2.40. The van der Waals surface area contributed by atoms with Crippen molar-refractivity contribution >= 4 is 0 Å². The molecule has 0 aliphatic heterocycles. The van der Waals surface area contributed by atoms with E-state index in [1.165, 1.54) is 38.5 Å². The van der Waals surface area contributed by atoms with Gasteiger partial charge in [0.05, 0.1) is 6.10 Å². The molecule has 0 radical (unpaired) electrons. The normalized spacial score (nSPS) is 33.4. The minimum atomic E-state index is 0.466. The lowest BCUT2D eigenvalue weighted by molar-refractivity contribution is 0.0220. The first kappa shape index (κ1) is 13.4. The number of rotatable bonds is 6. The summed E-state index contributed by atoms with van der Waals surface area (Å²) in [5.41, 5.74) is 0. The quantitative estimate of drug-likeness (QED) is 0.768. The van der Waals surface area contributed by atoms with Crippen molar-refractivity contribution in [2.45, 2.75) is 64.5 Å². The molecule has 2 atom stereocenters. The van der Waals surface area contributed by atoms with E-state index in [-0.39, 0.29) is 0 Å². The van der Waals surface area contributed by atoms with E-state index >= 15 is 0 Å². The Morgan fingerprint density at radius 3 is 2.12 bits per heavy atom. The van der Waals surface area contributed by atoms with Crippen molar-refractivity contribution in [1.82, 2.24) is 5.32 Å². The van der Waals surface area contributed by atoms with E-state index in [4.69, 9.17) is 4.74 Å². The maximum atomic E-state index is 5.81. The third-order valence-corrected chi connectivity index (χ3v) is 4.72. The summed E-state index contributed by atoms with van der Waals surface area (Å²) in [6.45, 7) is 5.69. The molecule has 100 valence electrons. The smallest absolute Gasteiger partial charge is 0.0755 e. The molecule has 2 rings (SSSR count). The van der Waals surface area contributed by atoms with Gasteiger partial charge in [-0.2, -0.15) is 0 Å². The molecular weight excluding hydrogens is 210 g/mol. The second kappa shape index (κ2) is 6.19. The number of hydrogen-bond donors (Lipinski definition) is 1. The molecule has 1 N–H and O–H groups in total. The Bertz CT molecular complexity index is 219. The zero-order chi connectivity index (χ0) is 12.3. The van der Waals surface area contributed by atoms with Crippen LogP contribution in [0.2, 0.25) is 0 Å². The van der Waals surface area contributed by atoms with Crippen molar-refractivity contribution in [2.75, 3.05) is 13.7 Å². The summed E-state index contributed by atoms with van der Waals surface area (Å²) in [7, 11) is 1.90. The van der Waals surface area contributed by atoms with E-state index < -0.39 is 0 Å². The zero-order valence-corrected chi connectivity index (χ0v) is 11.7. The molecule has 2 aliphatic carbocycles. The maximum Gasteiger partial charge on any atom is 0.0755 e. The third kappa shape index (κ3) is 3.45. The van der Waals surface area contributed by atoms with E-state index in [1.54, 1.807) is 0 Å². The zero-order valence-electron chi connectivity index (χ0n) is 11.7. The van der Waals surface area contributed by atoms with Gasteiger partial charge in [0.25, 0.3) is 0 Å². The van der Waals surface area contributed by atoms with Crippen LogP contribution in [-0.4, -0.2) is 25.8 Å². The first-order valence-electron chi connectivity index (χ1n) is 7.52. The number of nitrogens with one attached hydrogen (secondary N) is 1. The molecule has 2 nitrogen and oxygen atoms in total. The van der Waals surface area contributed by atoms with Gasteiger partial charge in [-0.25, -0.2) is 0 Å². The van der Waals surface area contributed by atoms with Gasteiger partial charge in [0.15, 0.2) is 0 Å². The van der Waals surface area contributed by atoms with Crippen LogP contribution in [0.5, 0.6) is 0 Å². The van der Waals surface area contributed by atoms with Gasteiger partial charge in [0, 0.05) is 13.2 Å². The van der Waals surface area contributed by atoms with Crippen molar-refractivity contribution in [2.24, 2.45) is 17.8 Å². The number of likely N-dealkylation sites (N-methyl/N-ethyl adjacent to an activating group) is 1. The Morgan fingerprint density at radius 2 is 1.65 bits per heavy atom. The molecule has 2 unspecified atom stereocenters. The Labute approximate surface area is 107 Å². The molecule has 0 spiro atoms. The topological polar surface area (TPSA) is 21.3 Å². The highest BCUT2D eigenvalue weighted by atomic mass is 16.5. The summed E-state index contributed by atoms with van der Waals surface area (Å²) >= 11 is 0. The SMILES string of the molecule is CCNC(C1CCC(C)CC1)C(OC)C1CC1. The van der Waals surface area contributed by atoms with E-state index in [1.807, 2.05) is 7.11 Å². The van der Waals surface area contributed by atoms with Gasteiger partial charge >= 0.3 is 0 Å². The van der Waals surface area contributed by atoms with Crippen molar-refractivity contribution < 1.29 is 4.74 Å². The lowest BCUT2D eigenvalue weighted by atomic mass is 9.77. The number of ether oxygens (including phenoxy) is 1. The van der Waals surface area contributed by atoms with Crippen LogP contribution < -0.4 is 5.32 Å². The van der Waals surface area contributed by atoms with Gasteiger partial charge < -0.3 is 10.1 Å². The lowest BCUT2D eigenvalue weighted by Gasteiger charge is -2.37. The van der Waals surface area contributed by atoms with Crippen molar-refractivity contribution in [3.05, 3.63) is 0 Å². The Morgan fingerprint density at radius 1 is 1.06 bits per heavy atom. The Kier molecular flexibility index (Phi) is 4.87. The molecule has 0 aromatic rings. The summed E-state index contributed by atoms with van der Waals surface area (Å²) in [5.74, 6) is 2.62. The summed E-state index contributed by atoms with van der Waals surface area (Å²) in [6, 6.07) is 0.602. The Balaban J connectivity index is 1.94. The summed E-state index contributed by atoms with van der Waals surface area (Å²) < 4.78 is 5.81. The van der Waals surface area contributed by atoms with Gasteiger partial charge in [-0.1, -0.05) is 26.7 Å². The van der Waals surface area contributed by atoms with Crippen molar-refractivity contribution in [3.63, 3.8) is 0 Å². The van der Waals surface area contributed by atoms with Crippen LogP contribution in [0, 0.1) is 17.8 Å². The van der Waals surface area contributed by atoms with E-state index in [2.05, 4.69) is 19.2 Å². The largest absolute Gasteiger partial charge is 0.380 e. The molecule has 17 heavy (non-hydrogen) atoms. The van der Waals surface area contributed by atoms with Crippen LogP contribution in [0.15, 0.2) is 0 Å². The standard InChI is InChI=1S/C15H29NO/c1-4-16-14(15(17-3)13-9-10-13)12-7-5-11(2)6-8-12/h11-16H,4-10H2,1-3H3. The van der Waals surface area contributed by atoms with Crippen LogP contribution in [0.3, 0.4) is 0 Å². The maximum absolute atomic E-state index is 5.81. The van der Waals surface area contributed by atoms with Crippen molar-refractivity contribution in [1.29, 1.82) is 0 Å². The minimum absolute atomic E-state index is 0.466. The molecular formula is C15H29NO. The first-order valence-corrected chi connectivity index (χ1v) is 7.52. The molecule has 0 amide bonds. The molecule has 0 aromatic carbocycles. The van der Waals surface area contributed by atoms with Crippen LogP contribution in [0.1, 0.15) is 52.4 Å². The van der Waals surface area contributed by atoms with Crippen LogP contribution in [-0.2, 0) is 4.74 Å². The number of methoxy groups -OCH3 is 1. The molecule has 0 heterocycles. The summed E-state index contributed by atoms with van der Waals surface area (Å²) in [5, 5.41) is 3.71. The highest BCUT2D eigenvalue weighted by molar-refractivity contribution is 4.94. The first-order chi connectivity index (χ1) is 8.26. The molecule has 0 aromatic heterocycles. The van der Waals surface area contributed by atoms with Gasteiger partial charge in [-0.05, 0) is 50.0 Å². The van der Waals surface area contributed by atoms with Gasteiger partial charge in [-0.15, -0.1) is 0 Å². The number of hydrogen-bond acceptors (Lipinski definition) is 2. The molecule has 0 bridgehead atoms. The molecule has 2 fully saturated rings.